The Morgan fingerprint density at radius 3 is 2.41 bits per heavy atom. The molecule has 0 radical (unpaired) electrons. The fraction of sp³-hybridized carbons (Fsp3) is 0.500. The number of rotatable bonds is 5. The molecule has 0 aliphatic carbocycles. The first kappa shape index (κ1) is 13.9. The first-order valence-electron chi connectivity index (χ1n) is 5.90. The third-order valence-corrected chi connectivity index (χ3v) is 2.98. The monoisotopic (exact) mass is 250 g/mol. The van der Waals surface area contributed by atoms with E-state index in [2.05, 4.69) is 25.2 Å². The van der Waals surface area contributed by atoms with Gasteiger partial charge in [-0.3, -0.25) is 0 Å². The van der Waals surface area contributed by atoms with Crippen LogP contribution in [0.25, 0.3) is 0 Å². The topological polar surface area (TPSA) is 35.8 Å². The molecule has 0 bridgehead atoms. The largest absolute Gasteiger partial charge is 0.368 e. The Morgan fingerprint density at radius 1 is 1.35 bits per heavy atom. The molecule has 17 heavy (non-hydrogen) atoms. The van der Waals surface area contributed by atoms with Gasteiger partial charge in [-0.15, -0.1) is 0 Å². The van der Waals surface area contributed by atoms with Gasteiger partial charge in [0.15, 0.2) is 0 Å². The van der Waals surface area contributed by atoms with Crippen LogP contribution in [0.1, 0.15) is 33.6 Å². The van der Waals surface area contributed by atoms with Crippen LogP contribution in [-0.4, -0.2) is 5.54 Å². The molecular formula is C14H19ClN2. The van der Waals surface area contributed by atoms with Gasteiger partial charge in [0.05, 0.1) is 6.07 Å². The summed E-state index contributed by atoms with van der Waals surface area (Å²) in [6.07, 6.45) is 1.87. The van der Waals surface area contributed by atoms with Crippen molar-refractivity contribution in [1.82, 2.24) is 0 Å². The van der Waals surface area contributed by atoms with Crippen molar-refractivity contribution in [3.63, 3.8) is 0 Å². The van der Waals surface area contributed by atoms with Crippen molar-refractivity contribution in [1.29, 1.82) is 5.26 Å². The van der Waals surface area contributed by atoms with E-state index in [0.717, 1.165) is 18.5 Å². The van der Waals surface area contributed by atoms with E-state index in [4.69, 9.17) is 11.6 Å². The van der Waals surface area contributed by atoms with Crippen molar-refractivity contribution in [3.05, 3.63) is 29.3 Å². The molecule has 1 aromatic carbocycles. The molecule has 92 valence electrons. The van der Waals surface area contributed by atoms with Crippen molar-refractivity contribution in [2.75, 3.05) is 5.32 Å². The number of hydrogen-bond acceptors (Lipinski definition) is 2. The summed E-state index contributed by atoms with van der Waals surface area (Å²) < 4.78 is 0. The molecule has 1 aromatic rings. The molecule has 1 atom stereocenters. The van der Waals surface area contributed by atoms with Crippen molar-refractivity contribution in [2.45, 2.75) is 39.2 Å². The zero-order valence-corrected chi connectivity index (χ0v) is 11.4. The molecule has 0 saturated heterocycles. The van der Waals surface area contributed by atoms with Crippen LogP contribution in [0.5, 0.6) is 0 Å². The highest BCUT2D eigenvalue weighted by molar-refractivity contribution is 6.30. The highest BCUT2D eigenvalue weighted by Gasteiger charge is 2.23. The standard InChI is InChI=1S/C14H19ClN2/c1-11(2)8-9-14(3,10-16)17-13-6-4-12(15)5-7-13/h4-7,11,17H,8-9H2,1-3H3. The smallest absolute Gasteiger partial charge is 0.122 e. The van der Waals surface area contributed by atoms with Gasteiger partial charge < -0.3 is 5.32 Å². The maximum Gasteiger partial charge on any atom is 0.122 e. The van der Waals surface area contributed by atoms with E-state index in [-0.39, 0.29) is 0 Å². The second kappa shape index (κ2) is 5.93. The lowest BCUT2D eigenvalue weighted by atomic mass is 9.93. The third kappa shape index (κ3) is 4.66. The van der Waals surface area contributed by atoms with Gasteiger partial charge in [0, 0.05) is 10.7 Å². The second-order valence-corrected chi connectivity index (χ2v) is 5.44. The molecule has 0 aliphatic rings. The Balaban J connectivity index is 2.68. The first-order chi connectivity index (χ1) is 7.95. The van der Waals surface area contributed by atoms with Crippen LogP contribution in [0, 0.1) is 17.2 Å². The van der Waals surface area contributed by atoms with E-state index in [1.54, 1.807) is 0 Å². The molecule has 3 heteroatoms. The van der Waals surface area contributed by atoms with Crippen LogP contribution >= 0.6 is 11.6 Å². The number of benzene rings is 1. The molecule has 0 aliphatic heterocycles. The molecule has 0 heterocycles. The maximum absolute atomic E-state index is 9.28. The summed E-state index contributed by atoms with van der Waals surface area (Å²) in [5.74, 6) is 0.606. The first-order valence-corrected chi connectivity index (χ1v) is 6.28. The van der Waals surface area contributed by atoms with Gasteiger partial charge in [-0.1, -0.05) is 25.4 Å². The van der Waals surface area contributed by atoms with Gasteiger partial charge in [-0.2, -0.15) is 5.26 Å². The average molecular weight is 251 g/mol. The summed E-state index contributed by atoms with van der Waals surface area (Å²) in [7, 11) is 0. The Kier molecular flexibility index (Phi) is 4.84. The highest BCUT2D eigenvalue weighted by Crippen LogP contribution is 2.22. The Hall–Kier alpha value is -1.20. The van der Waals surface area contributed by atoms with E-state index < -0.39 is 5.54 Å². The molecule has 1 N–H and O–H groups in total. The SMILES string of the molecule is CC(C)CCC(C)(C#N)Nc1ccc(Cl)cc1. The summed E-state index contributed by atoms with van der Waals surface area (Å²) in [6.45, 7) is 6.27. The lowest BCUT2D eigenvalue weighted by molar-refractivity contribution is 0.479. The van der Waals surface area contributed by atoms with Gasteiger partial charge >= 0.3 is 0 Å². The normalized spacial score (nSPS) is 14.1. The van der Waals surface area contributed by atoms with Crippen LogP contribution in [0.2, 0.25) is 5.02 Å². The van der Waals surface area contributed by atoms with Crippen molar-refractivity contribution >= 4 is 17.3 Å². The van der Waals surface area contributed by atoms with Crippen LogP contribution < -0.4 is 5.32 Å². The molecule has 0 saturated carbocycles. The number of nitrogens with zero attached hydrogens (tertiary/aromatic N) is 1. The van der Waals surface area contributed by atoms with Gasteiger partial charge in [-0.25, -0.2) is 0 Å². The molecular weight excluding hydrogens is 232 g/mol. The molecule has 2 nitrogen and oxygen atoms in total. The van der Waals surface area contributed by atoms with Gasteiger partial charge in [0.25, 0.3) is 0 Å². The minimum absolute atomic E-state index is 0.516. The molecule has 0 aromatic heterocycles. The molecule has 1 unspecified atom stereocenters. The van der Waals surface area contributed by atoms with Gasteiger partial charge in [0.1, 0.15) is 5.54 Å². The third-order valence-electron chi connectivity index (χ3n) is 2.73. The van der Waals surface area contributed by atoms with Gasteiger partial charge in [0.2, 0.25) is 0 Å². The van der Waals surface area contributed by atoms with Crippen LogP contribution in [0.3, 0.4) is 0 Å². The number of anilines is 1. The van der Waals surface area contributed by atoms with E-state index in [0.29, 0.717) is 10.9 Å². The lowest BCUT2D eigenvalue weighted by Crippen LogP contribution is -2.33. The Labute approximate surface area is 109 Å². The van der Waals surface area contributed by atoms with Crippen molar-refractivity contribution in [3.8, 4) is 6.07 Å². The van der Waals surface area contributed by atoms with Crippen LogP contribution in [0.4, 0.5) is 5.69 Å². The molecule has 0 fully saturated rings. The van der Waals surface area contributed by atoms with Crippen LogP contribution in [-0.2, 0) is 0 Å². The Bertz CT molecular complexity index is 392. The summed E-state index contributed by atoms with van der Waals surface area (Å²) >= 11 is 5.83. The van der Waals surface area contributed by atoms with E-state index in [1.807, 2.05) is 31.2 Å². The fourth-order valence-corrected chi connectivity index (χ4v) is 1.70. The van der Waals surface area contributed by atoms with Crippen molar-refractivity contribution in [2.24, 2.45) is 5.92 Å². The van der Waals surface area contributed by atoms with E-state index >= 15 is 0 Å². The molecule has 1 rings (SSSR count). The second-order valence-electron chi connectivity index (χ2n) is 5.01. The minimum Gasteiger partial charge on any atom is -0.368 e. The molecule has 0 spiro atoms. The fourth-order valence-electron chi connectivity index (χ4n) is 1.58. The minimum atomic E-state index is -0.516. The Morgan fingerprint density at radius 2 is 1.94 bits per heavy atom. The summed E-state index contributed by atoms with van der Waals surface area (Å²) in [5, 5.41) is 13.2. The predicted molar refractivity (Wildman–Crippen MR) is 73.2 cm³/mol. The number of halogens is 1. The summed E-state index contributed by atoms with van der Waals surface area (Å²) in [5.41, 5.74) is 0.417. The molecule has 0 amide bonds. The summed E-state index contributed by atoms with van der Waals surface area (Å²) in [6, 6.07) is 9.79. The van der Waals surface area contributed by atoms with E-state index in [9.17, 15) is 5.26 Å². The highest BCUT2D eigenvalue weighted by atomic mass is 35.5. The van der Waals surface area contributed by atoms with E-state index in [1.165, 1.54) is 0 Å². The number of nitriles is 1. The van der Waals surface area contributed by atoms with Crippen LogP contribution in [0.15, 0.2) is 24.3 Å². The predicted octanol–water partition coefficient (Wildman–Crippen LogP) is 4.47. The zero-order valence-electron chi connectivity index (χ0n) is 10.6. The summed E-state index contributed by atoms with van der Waals surface area (Å²) in [4.78, 5) is 0. The average Bonchev–Trinajstić information content (AvgIpc) is 2.30. The van der Waals surface area contributed by atoms with Gasteiger partial charge in [-0.05, 0) is 49.9 Å². The number of nitrogens with one attached hydrogen (secondary N) is 1. The number of hydrogen-bond donors (Lipinski definition) is 1. The van der Waals surface area contributed by atoms with Crippen molar-refractivity contribution < 1.29 is 0 Å². The zero-order chi connectivity index (χ0) is 12.9. The lowest BCUT2D eigenvalue weighted by Gasteiger charge is -2.25. The maximum atomic E-state index is 9.28. The quantitative estimate of drug-likeness (QED) is 0.837.